The molecule has 0 unspecified atom stereocenters. The molecule has 0 saturated heterocycles. The Balaban J connectivity index is 1.72. The van der Waals surface area contributed by atoms with Gasteiger partial charge < -0.3 is 5.32 Å². The number of benzene rings is 2. The van der Waals surface area contributed by atoms with Crippen LogP contribution in [-0.2, 0) is 6.42 Å². The molecule has 1 heterocycles. The summed E-state index contributed by atoms with van der Waals surface area (Å²) >= 11 is 0. The molecule has 1 atom stereocenters. The highest BCUT2D eigenvalue weighted by atomic mass is 14.9. The Morgan fingerprint density at radius 3 is 2.61 bits per heavy atom. The predicted octanol–water partition coefficient (Wildman–Crippen LogP) is 4.13. The van der Waals surface area contributed by atoms with E-state index in [-0.39, 0.29) is 0 Å². The molecule has 90 valence electrons. The number of nitrogens with one attached hydrogen (secondary N) is 1. The molecule has 1 aliphatic rings. The lowest BCUT2D eigenvalue weighted by atomic mass is 9.97. The number of anilines is 1. The molecule has 1 aliphatic heterocycles. The zero-order valence-electron chi connectivity index (χ0n) is 10.3. The van der Waals surface area contributed by atoms with Gasteiger partial charge >= 0.3 is 0 Å². The van der Waals surface area contributed by atoms with Crippen LogP contribution < -0.4 is 5.32 Å². The van der Waals surface area contributed by atoms with Gasteiger partial charge in [-0.3, -0.25) is 0 Å². The third kappa shape index (κ3) is 2.45. The summed E-state index contributed by atoms with van der Waals surface area (Å²) in [4.78, 5) is 0. The zero-order chi connectivity index (χ0) is 12.2. The highest BCUT2D eigenvalue weighted by molar-refractivity contribution is 5.57. The maximum atomic E-state index is 3.58. The number of hydrogen-bond acceptors (Lipinski definition) is 1. The van der Waals surface area contributed by atoms with Crippen molar-refractivity contribution in [3.8, 4) is 0 Å². The molecule has 0 saturated carbocycles. The second-order valence-electron chi connectivity index (χ2n) is 4.72. The molecule has 0 spiro atoms. The van der Waals surface area contributed by atoms with E-state index < -0.39 is 0 Å². The summed E-state index contributed by atoms with van der Waals surface area (Å²) in [6.07, 6.45) is 6.80. The van der Waals surface area contributed by atoms with E-state index >= 15 is 0 Å². The van der Waals surface area contributed by atoms with E-state index in [1.165, 1.54) is 23.2 Å². The second-order valence-corrected chi connectivity index (χ2v) is 4.72. The molecule has 1 nitrogen and oxygen atoms in total. The van der Waals surface area contributed by atoms with Gasteiger partial charge in [-0.25, -0.2) is 0 Å². The quantitative estimate of drug-likeness (QED) is 0.825. The van der Waals surface area contributed by atoms with E-state index in [0.717, 1.165) is 6.42 Å². The first-order valence-corrected chi connectivity index (χ1v) is 6.49. The van der Waals surface area contributed by atoms with E-state index in [4.69, 9.17) is 0 Å². The Morgan fingerprint density at radius 2 is 1.72 bits per heavy atom. The van der Waals surface area contributed by atoms with Crippen LogP contribution in [0.5, 0.6) is 0 Å². The van der Waals surface area contributed by atoms with Crippen molar-refractivity contribution in [2.24, 2.45) is 0 Å². The Morgan fingerprint density at radius 1 is 0.944 bits per heavy atom. The lowest BCUT2D eigenvalue weighted by Crippen LogP contribution is -2.22. The summed E-state index contributed by atoms with van der Waals surface area (Å²) in [5.41, 5.74) is 3.98. The number of hydrogen-bond donors (Lipinski definition) is 1. The Hall–Kier alpha value is -2.02. The summed E-state index contributed by atoms with van der Waals surface area (Å²) in [7, 11) is 0. The minimum atomic E-state index is 0.445. The van der Waals surface area contributed by atoms with E-state index in [9.17, 15) is 0 Å². The monoisotopic (exact) mass is 235 g/mol. The lowest BCUT2D eigenvalue weighted by Gasteiger charge is -2.24. The van der Waals surface area contributed by atoms with Crippen LogP contribution in [0.15, 0.2) is 60.7 Å². The fourth-order valence-corrected chi connectivity index (χ4v) is 2.40. The SMILES string of the molecule is C(=C\[C@@H]1CCc2ccccc2N1)/c1ccccc1. The molecule has 1 heteroatoms. The summed E-state index contributed by atoms with van der Waals surface area (Å²) in [5, 5.41) is 3.58. The first-order chi connectivity index (χ1) is 8.92. The molecular formula is C17H17N. The van der Waals surface area contributed by atoms with Crippen molar-refractivity contribution in [3.63, 3.8) is 0 Å². The van der Waals surface area contributed by atoms with Crippen LogP contribution in [0.1, 0.15) is 17.5 Å². The summed E-state index contributed by atoms with van der Waals surface area (Å²) in [5.74, 6) is 0. The van der Waals surface area contributed by atoms with E-state index in [1.54, 1.807) is 0 Å². The second kappa shape index (κ2) is 5.09. The Bertz CT molecular complexity index is 543. The molecule has 0 amide bonds. The van der Waals surface area contributed by atoms with Gasteiger partial charge in [0.25, 0.3) is 0 Å². The van der Waals surface area contributed by atoms with E-state index in [0.29, 0.717) is 6.04 Å². The molecule has 0 bridgehead atoms. The summed E-state index contributed by atoms with van der Waals surface area (Å²) < 4.78 is 0. The Labute approximate surface area is 108 Å². The molecule has 0 radical (unpaired) electrons. The van der Waals surface area contributed by atoms with Gasteiger partial charge in [0, 0.05) is 11.7 Å². The molecule has 2 aromatic rings. The van der Waals surface area contributed by atoms with Crippen LogP contribution in [0, 0.1) is 0 Å². The third-order valence-corrected chi connectivity index (χ3v) is 3.40. The van der Waals surface area contributed by atoms with Gasteiger partial charge in [-0.05, 0) is 30.0 Å². The highest BCUT2D eigenvalue weighted by Crippen LogP contribution is 2.24. The molecule has 0 aliphatic carbocycles. The largest absolute Gasteiger partial charge is 0.379 e. The normalized spacial score (nSPS) is 18.3. The van der Waals surface area contributed by atoms with Crippen LogP contribution in [0.25, 0.3) is 6.08 Å². The van der Waals surface area contributed by atoms with Gasteiger partial charge in [-0.15, -0.1) is 0 Å². The molecule has 0 aromatic heterocycles. The van der Waals surface area contributed by atoms with Gasteiger partial charge in [0.2, 0.25) is 0 Å². The van der Waals surface area contributed by atoms with Crippen molar-refractivity contribution in [1.29, 1.82) is 0 Å². The van der Waals surface area contributed by atoms with E-state index in [1.807, 2.05) is 6.07 Å². The van der Waals surface area contributed by atoms with Crippen LogP contribution in [-0.4, -0.2) is 6.04 Å². The van der Waals surface area contributed by atoms with Crippen LogP contribution in [0.4, 0.5) is 5.69 Å². The molecular weight excluding hydrogens is 218 g/mol. The lowest BCUT2D eigenvalue weighted by molar-refractivity contribution is 0.733. The number of para-hydroxylation sites is 1. The topological polar surface area (TPSA) is 12.0 Å². The third-order valence-electron chi connectivity index (χ3n) is 3.40. The minimum Gasteiger partial charge on any atom is -0.379 e. The van der Waals surface area contributed by atoms with Crippen molar-refractivity contribution in [1.82, 2.24) is 0 Å². The maximum absolute atomic E-state index is 3.58. The molecule has 2 aromatic carbocycles. The number of aryl methyl sites for hydroxylation is 1. The standard InChI is InChI=1S/C17H17N/c1-2-6-14(7-3-1)10-12-16-13-11-15-8-4-5-9-17(15)18-16/h1-10,12,16,18H,11,13H2/b12-10+/t16-/m1/s1. The van der Waals surface area contributed by atoms with Gasteiger partial charge in [0.05, 0.1) is 0 Å². The van der Waals surface area contributed by atoms with Crippen LogP contribution in [0.3, 0.4) is 0 Å². The van der Waals surface area contributed by atoms with Crippen molar-refractivity contribution in [2.75, 3.05) is 5.32 Å². The predicted molar refractivity (Wildman–Crippen MR) is 77.6 cm³/mol. The first-order valence-electron chi connectivity index (χ1n) is 6.49. The van der Waals surface area contributed by atoms with Crippen molar-refractivity contribution in [2.45, 2.75) is 18.9 Å². The van der Waals surface area contributed by atoms with Crippen LogP contribution >= 0.6 is 0 Å². The zero-order valence-corrected chi connectivity index (χ0v) is 10.3. The molecule has 0 fully saturated rings. The van der Waals surface area contributed by atoms with Crippen LogP contribution in [0.2, 0.25) is 0 Å². The van der Waals surface area contributed by atoms with Gasteiger partial charge in [0.15, 0.2) is 0 Å². The number of fused-ring (bicyclic) bond motifs is 1. The minimum absolute atomic E-state index is 0.445. The molecule has 3 rings (SSSR count). The maximum Gasteiger partial charge on any atom is 0.0450 e. The smallest absolute Gasteiger partial charge is 0.0450 e. The average molecular weight is 235 g/mol. The fourth-order valence-electron chi connectivity index (χ4n) is 2.40. The first kappa shape index (κ1) is 11.1. The Kier molecular flexibility index (Phi) is 3.14. The van der Waals surface area contributed by atoms with Crippen molar-refractivity contribution < 1.29 is 0 Å². The fraction of sp³-hybridized carbons (Fsp3) is 0.176. The van der Waals surface area contributed by atoms with Gasteiger partial charge in [0.1, 0.15) is 0 Å². The van der Waals surface area contributed by atoms with Crippen molar-refractivity contribution >= 4 is 11.8 Å². The summed E-state index contributed by atoms with van der Waals surface area (Å²) in [6.45, 7) is 0. The highest BCUT2D eigenvalue weighted by Gasteiger charge is 2.14. The van der Waals surface area contributed by atoms with E-state index in [2.05, 4.69) is 66.0 Å². The molecule has 18 heavy (non-hydrogen) atoms. The molecule has 1 N–H and O–H groups in total. The number of rotatable bonds is 2. The van der Waals surface area contributed by atoms with Gasteiger partial charge in [-0.2, -0.15) is 0 Å². The average Bonchev–Trinajstić information content (AvgIpc) is 2.46. The van der Waals surface area contributed by atoms with Crippen molar-refractivity contribution in [3.05, 3.63) is 71.8 Å². The van der Waals surface area contributed by atoms with Gasteiger partial charge in [-0.1, -0.05) is 60.7 Å². The summed E-state index contributed by atoms with van der Waals surface area (Å²) in [6, 6.07) is 19.5.